The van der Waals surface area contributed by atoms with E-state index < -0.39 is 18.6 Å². The van der Waals surface area contributed by atoms with Crippen LogP contribution in [0, 0.1) is 0 Å². The van der Waals surface area contributed by atoms with Crippen molar-refractivity contribution in [3.8, 4) is 0 Å². The standard InChI is InChI=1S/C15H21F3N2O/c16-15(17,18)12-20(11-13-7-3-1-4-8-13)14(21)9-5-2-6-10-19/h1,3-4,7-8H,2,5-6,9-12,19H2. The van der Waals surface area contributed by atoms with Crippen LogP contribution in [0.25, 0.3) is 0 Å². The lowest BCUT2D eigenvalue weighted by atomic mass is 10.1. The summed E-state index contributed by atoms with van der Waals surface area (Å²) in [6, 6.07) is 8.70. The number of benzene rings is 1. The summed E-state index contributed by atoms with van der Waals surface area (Å²) >= 11 is 0. The highest BCUT2D eigenvalue weighted by atomic mass is 19.4. The molecule has 3 nitrogen and oxygen atoms in total. The topological polar surface area (TPSA) is 46.3 Å². The largest absolute Gasteiger partial charge is 0.406 e. The Morgan fingerprint density at radius 1 is 1.10 bits per heavy atom. The van der Waals surface area contributed by atoms with E-state index in [1.807, 2.05) is 0 Å². The fourth-order valence-corrected chi connectivity index (χ4v) is 2.01. The number of halogens is 3. The summed E-state index contributed by atoms with van der Waals surface area (Å²) in [5.41, 5.74) is 6.04. The Balaban J connectivity index is 2.61. The van der Waals surface area contributed by atoms with Gasteiger partial charge in [-0.1, -0.05) is 36.8 Å². The molecule has 0 fully saturated rings. The second-order valence-electron chi connectivity index (χ2n) is 4.95. The fraction of sp³-hybridized carbons (Fsp3) is 0.533. The van der Waals surface area contributed by atoms with Gasteiger partial charge in [0.1, 0.15) is 6.54 Å². The third-order valence-corrected chi connectivity index (χ3v) is 3.03. The number of hydrogen-bond acceptors (Lipinski definition) is 2. The summed E-state index contributed by atoms with van der Waals surface area (Å²) in [7, 11) is 0. The zero-order chi connectivity index (χ0) is 15.7. The molecular formula is C15H21F3N2O. The van der Waals surface area contributed by atoms with Gasteiger partial charge in [0.15, 0.2) is 0 Å². The summed E-state index contributed by atoms with van der Waals surface area (Å²) < 4.78 is 37.8. The Morgan fingerprint density at radius 3 is 2.33 bits per heavy atom. The van der Waals surface area contributed by atoms with Crippen LogP contribution in [0.1, 0.15) is 31.2 Å². The average molecular weight is 302 g/mol. The number of hydrogen-bond donors (Lipinski definition) is 1. The van der Waals surface area contributed by atoms with Gasteiger partial charge >= 0.3 is 6.18 Å². The number of nitrogens with two attached hydrogens (primary N) is 1. The number of alkyl halides is 3. The van der Waals surface area contributed by atoms with Gasteiger partial charge in [-0.25, -0.2) is 0 Å². The van der Waals surface area contributed by atoms with E-state index in [1.54, 1.807) is 30.3 Å². The van der Waals surface area contributed by atoms with Crippen LogP contribution >= 0.6 is 0 Å². The molecule has 0 aliphatic rings. The predicted molar refractivity (Wildman–Crippen MR) is 75.4 cm³/mol. The zero-order valence-electron chi connectivity index (χ0n) is 11.9. The first-order valence-corrected chi connectivity index (χ1v) is 7.01. The molecule has 21 heavy (non-hydrogen) atoms. The normalized spacial score (nSPS) is 11.4. The van der Waals surface area contributed by atoms with Gasteiger partial charge < -0.3 is 10.6 Å². The number of carbonyl (C=O) groups is 1. The van der Waals surface area contributed by atoms with Crippen molar-refractivity contribution < 1.29 is 18.0 Å². The zero-order valence-corrected chi connectivity index (χ0v) is 11.9. The van der Waals surface area contributed by atoms with Crippen molar-refractivity contribution in [2.75, 3.05) is 13.1 Å². The second kappa shape index (κ2) is 8.67. The van der Waals surface area contributed by atoms with Crippen molar-refractivity contribution in [3.05, 3.63) is 35.9 Å². The van der Waals surface area contributed by atoms with Crippen molar-refractivity contribution in [2.45, 2.75) is 38.4 Å². The predicted octanol–water partition coefficient (Wildman–Crippen LogP) is 3.10. The van der Waals surface area contributed by atoms with E-state index in [0.29, 0.717) is 18.5 Å². The maximum absolute atomic E-state index is 12.6. The minimum Gasteiger partial charge on any atom is -0.330 e. The van der Waals surface area contributed by atoms with Crippen molar-refractivity contribution in [3.63, 3.8) is 0 Å². The van der Waals surface area contributed by atoms with Crippen LogP contribution in [0.2, 0.25) is 0 Å². The number of carbonyl (C=O) groups excluding carboxylic acids is 1. The highest BCUT2D eigenvalue weighted by Gasteiger charge is 2.32. The van der Waals surface area contributed by atoms with Crippen LogP contribution in [-0.4, -0.2) is 30.1 Å². The van der Waals surface area contributed by atoms with Gasteiger partial charge in [-0.2, -0.15) is 13.2 Å². The molecule has 1 aromatic carbocycles. The maximum atomic E-state index is 12.6. The highest BCUT2D eigenvalue weighted by Crippen LogP contribution is 2.19. The van der Waals surface area contributed by atoms with Crippen LogP contribution in [0.15, 0.2) is 30.3 Å². The lowest BCUT2D eigenvalue weighted by Crippen LogP contribution is -2.38. The quantitative estimate of drug-likeness (QED) is 0.750. The van der Waals surface area contributed by atoms with E-state index in [1.165, 1.54) is 0 Å². The summed E-state index contributed by atoms with van der Waals surface area (Å²) in [6.45, 7) is -0.696. The Morgan fingerprint density at radius 2 is 1.76 bits per heavy atom. The SMILES string of the molecule is NCCCCCC(=O)N(Cc1ccccc1)CC(F)(F)F. The molecule has 1 rings (SSSR count). The molecule has 0 unspecified atom stereocenters. The van der Waals surface area contributed by atoms with Gasteiger partial charge in [-0.05, 0) is 24.9 Å². The molecule has 2 N–H and O–H groups in total. The summed E-state index contributed by atoms with van der Waals surface area (Å²) in [6.07, 6.45) is -2.15. The first-order valence-electron chi connectivity index (χ1n) is 7.01. The number of unbranched alkanes of at least 4 members (excludes halogenated alkanes) is 2. The number of amides is 1. The van der Waals surface area contributed by atoms with Gasteiger partial charge in [0.2, 0.25) is 5.91 Å². The Labute approximate surface area is 122 Å². The average Bonchev–Trinajstić information content (AvgIpc) is 2.42. The van der Waals surface area contributed by atoms with E-state index in [-0.39, 0.29) is 13.0 Å². The lowest BCUT2D eigenvalue weighted by molar-refractivity contribution is -0.162. The number of nitrogens with zero attached hydrogens (tertiary/aromatic N) is 1. The summed E-state index contributed by atoms with van der Waals surface area (Å²) in [5.74, 6) is -0.465. The van der Waals surface area contributed by atoms with Crippen molar-refractivity contribution in [2.24, 2.45) is 5.73 Å². The smallest absolute Gasteiger partial charge is 0.330 e. The minimum absolute atomic E-state index is 0.0178. The third-order valence-electron chi connectivity index (χ3n) is 3.03. The van der Waals surface area contributed by atoms with E-state index in [2.05, 4.69) is 0 Å². The minimum atomic E-state index is -4.39. The van der Waals surface area contributed by atoms with Gasteiger partial charge in [0, 0.05) is 13.0 Å². The molecule has 6 heteroatoms. The molecule has 0 saturated carbocycles. The molecule has 0 aliphatic heterocycles. The number of rotatable bonds is 8. The molecule has 0 spiro atoms. The molecular weight excluding hydrogens is 281 g/mol. The van der Waals surface area contributed by atoms with E-state index in [4.69, 9.17) is 5.73 Å². The molecule has 0 aliphatic carbocycles. The van der Waals surface area contributed by atoms with Crippen LogP contribution in [0.3, 0.4) is 0 Å². The Hall–Kier alpha value is -1.56. The monoisotopic (exact) mass is 302 g/mol. The van der Waals surface area contributed by atoms with Crippen LogP contribution < -0.4 is 5.73 Å². The van der Waals surface area contributed by atoms with E-state index in [9.17, 15) is 18.0 Å². The maximum Gasteiger partial charge on any atom is 0.406 e. The first kappa shape index (κ1) is 17.5. The Bertz CT molecular complexity index is 421. The van der Waals surface area contributed by atoms with E-state index in [0.717, 1.165) is 17.7 Å². The molecule has 0 atom stereocenters. The summed E-state index contributed by atoms with van der Waals surface area (Å²) in [5, 5.41) is 0. The van der Waals surface area contributed by atoms with Gasteiger partial charge in [-0.3, -0.25) is 4.79 Å². The Kier molecular flexibility index (Phi) is 7.22. The lowest BCUT2D eigenvalue weighted by Gasteiger charge is -2.24. The molecule has 0 radical (unpaired) electrons. The van der Waals surface area contributed by atoms with Crippen LogP contribution in [0.4, 0.5) is 13.2 Å². The van der Waals surface area contributed by atoms with Gasteiger partial charge in [0.25, 0.3) is 0 Å². The molecule has 0 saturated heterocycles. The second-order valence-corrected chi connectivity index (χ2v) is 4.95. The highest BCUT2D eigenvalue weighted by molar-refractivity contribution is 5.76. The van der Waals surface area contributed by atoms with Crippen molar-refractivity contribution in [1.82, 2.24) is 4.90 Å². The fourth-order valence-electron chi connectivity index (χ4n) is 2.01. The molecule has 1 amide bonds. The van der Waals surface area contributed by atoms with Crippen molar-refractivity contribution >= 4 is 5.91 Å². The summed E-state index contributed by atoms with van der Waals surface area (Å²) in [4.78, 5) is 12.9. The van der Waals surface area contributed by atoms with Crippen molar-refractivity contribution in [1.29, 1.82) is 0 Å². The molecule has 118 valence electrons. The molecule has 0 bridgehead atoms. The third kappa shape index (κ3) is 7.70. The molecule has 0 heterocycles. The first-order chi connectivity index (χ1) is 9.92. The van der Waals surface area contributed by atoms with Crippen LogP contribution in [-0.2, 0) is 11.3 Å². The molecule has 1 aromatic rings. The van der Waals surface area contributed by atoms with Gasteiger partial charge in [0.05, 0.1) is 0 Å². The van der Waals surface area contributed by atoms with E-state index >= 15 is 0 Å². The van der Waals surface area contributed by atoms with Gasteiger partial charge in [-0.15, -0.1) is 0 Å². The van der Waals surface area contributed by atoms with Crippen LogP contribution in [0.5, 0.6) is 0 Å². The molecule has 0 aromatic heterocycles.